The summed E-state index contributed by atoms with van der Waals surface area (Å²) in [6, 6.07) is 0. The Morgan fingerprint density at radius 3 is 2.83 bits per heavy atom. The van der Waals surface area contributed by atoms with Crippen molar-refractivity contribution in [1.29, 1.82) is 0 Å². The van der Waals surface area contributed by atoms with Crippen LogP contribution in [0.1, 0.15) is 30.7 Å². The molecule has 1 saturated heterocycles. The molecular weight excluding hydrogens is 252 g/mol. The van der Waals surface area contributed by atoms with Crippen LogP contribution in [-0.2, 0) is 4.79 Å². The van der Waals surface area contributed by atoms with Crippen molar-refractivity contribution in [2.75, 3.05) is 18.4 Å². The molecule has 1 amide bonds. The summed E-state index contributed by atoms with van der Waals surface area (Å²) in [7, 11) is 0. The van der Waals surface area contributed by atoms with Gasteiger partial charge in [-0.25, -0.2) is 0 Å². The molecule has 1 aromatic rings. The molecule has 102 valence electrons. The van der Waals surface area contributed by atoms with Gasteiger partial charge in [0.05, 0.1) is 17.1 Å². The molecule has 1 fully saturated rings. The Hall–Kier alpha value is -1.07. The summed E-state index contributed by atoms with van der Waals surface area (Å²) in [5.74, 6) is 0.747. The predicted molar refractivity (Wildman–Crippen MR) is 74.2 cm³/mol. The van der Waals surface area contributed by atoms with E-state index in [1.165, 1.54) is 6.42 Å². The Labute approximate surface area is 114 Å². The lowest BCUT2D eigenvalue weighted by Crippen LogP contribution is -2.15. The Balaban J connectivity index is 0.00000162. The molecule has 2 heterocycles. The molecule has 1 aliphatic heterocycles. The van der Waals surface area contributed by atoms with Crippen LogP contribution in [0.2, 0.25) is 0 Å². The Morgan fingerprint density at radius 1 is 1.50 bits per heavy atom. The van der Waals surface area contributed by atoms with E-state index in [2.05, 4.69) is 20.8 Å². The number of anilines is 1. The summed E-state index contributed by atoms with van der Waals surface area (Å²) in [6.07, 6.45) is 2.75. The van der Waals surface area contributed by atoms with Crippen LogP contribution in [0, 0.1) is 19.8 Å². The van der Waals surface area contributed by atoms with Gasteiger partial charge in [0.1, 0.15) is 0 Å². The number of nitrogens with one attached hydrogen (secondary N) is 3. The van der Waals surface area contributed by atoms with Crippen molar-refractivity contribution in [3.63, 3.8) is 0 Å². The highest BCUT2D eigenvalue weighted by molar-refractivity contribution is 5.91. The summed E-state index contributed by atoms with van der Waals surface area (Å²) in [5, 5.41) is 13.2. The average Bonchev–Trinajstić information content (AvgIpc) is 2.91. The summed E-state index contributed by atoms with van der Waals surface area (Å²) in [6.45, 7) is 5.94. The highest BCUT2D eigenvalue weighted by atomic mass is 35.5. The minimum absolute atomic E-state index is 0. The number of hydrogen-bond acceptors (Lipinski definition) is 3. The van der Waals surface area contributed by atoms with Gasteiger partial charge in [-0.1, -0.05) is 0 Å². The number of hydrogen-bond donors (Lipinski definition) is 3. The van der Waals surface area contributed by atoms with Gasteiger partial charge in [0, 0.05) is 6.42 Å². The molecule has 1 aromatic heterocycles. The van der Waals surface area contributed by atoms with Crippen LogP contribution in [0.3, 0.4) is 0 Å². The van der Waals surface area contributed by atoms with Crippen molar-refractivity contribution >= 4 is 24.0 Å². The molecule has 2 rings (SSSR count). The molecule has 0 saturated carbocycles. The van der Waals surface area contributed by atoms with E-state index in [-0.39, 0.29) is 18.3 Å². The quantitative estimate of drug-likeness (QED) is 0.782. The van der Waals surface area contributed by atoms with Gasteiger partial charge in [-0.15, -0.1) is 12.4 Å². The van der Waals surface area contributed by atoms with Crippen LogP contribution < -0.4 is 10.6 Å². The second-order valence-corrected chi connectivity index (χ2v) is 4.75. The van der Waals surface area contributed by atoms with Crippen LogP contribution >= 0.6 is 12.4 Å². The van der Waals surface area contributed by atoms with Crippen molar-refractivity contribution < 1.29 is 4.79 Å². The number of carbonyl (C=O) groups excluding carboxylic acids is 1. The second-order valence-electron chi connectivity index (χ2n) is 4.75. The van der Waals surface area contributed by atoms with Crippen LogP contribution in [-0.4, -0.2) is 29.2 Å². The molecule has 1 unspecified atom stereocenters. The third-order valence-corrected chi connectivity index (χ3v) is 3.33. The maximum absolute atomic E-state index is 11.8. The average molecular weight is 273 g/mol. The number of rotatable bonds is 4. The first-order valence-electron chi connectivity index (χ1n) is 6.19. The lowest BCUT2D eigenvalue weighted by Gasteiger charge is -2.08. The highest BCUT2D eigenvalue weighted by Crippen LogP contribution is 2.18. The molecule has 1 aliphatic rings. The molecule has 0 bridgehead atoms. The monoisotopic (exact) mass is 272 g/mol. The Kier molecular flexibility index (Phi) is 5.62. The zero-order chi connectivity index (χ0) is 12.3. The van der Waals surface area contributed by atoms with E-state index in [4.69, 9.17) is 0 Å². The standard InChI is InChI=1S/C12H20N4O.ClH/c1-8-12(9(2)16-15-8)14-11(17)4-3-10-5-6-13-7-10;/h10,13H,3-7H2,1-2H3,(H,14,17)(H,15,16);1H. The molecule has 0 aliphatic carbocycles. The first-order chi connectivity index (χ1) is 8.16. The largest absolute Gasteiger partial charge is 0.323 e. The molecule has 0 spiro atoms. The number of H-pyrrole nitrogens is 1. The lowest BCUT2D eigenvalue weighted by molar-refractivity contribution is -0.116. The fourth-order valence-electron chi connectivity index (χ4n) is 2.23. The SMILES string of the molecule is Cc1n[nH]c(C)c1NC(=O)CCC1CCNC1.Cl. The number of aryl methyl sites for hydroxylation is 2. The van der Waals surface area contributed by atoms with E-state index >= 15 is 0 Å². The number of halogens is 1. The molecule has 0 aromatic carbocycles. The highest BCUT2D eigenvalue weighted by Gasteiger charge is 2.16. The molecule has 18 heavy (non-hydrogen) atoms. The maximum atomic E-state index is 11.8. The van der Waals surface area contributed by atoms with E-state index in [0.29, 0.717) is 12.3 Å². The van der Waals surface area contributed by atoms with Crippen LogP contribution in [0.15, 0.2) is 0 Å². The van der Waals surface area contributed by atoms with Crippen molar-refractivity contribution in [2.24, 2.45) is 5.92 Å². The molecule has 0 radical (unpaired) electrons. The maximum Gasteiger partial charge on any atom is 0.224 e. The molecule has 5 nitrogen and oxygen atoms in total. The summed E-state index contributed by atoms with van der Waals surface area (Å²) >= 11 is 0. The van der Waals surface area contributed by atoms with Crippen molar-refractivity contribution in [1.82, 2.24) is 15.5 Å². The number of amides is 1. The van der Waals surface area contributed by atoms with Gasteiger partial charge in [0.15, 0.2) is 0 Å². The number of nitrogens with zero attached hydrogens (tertiary/aromatic N) is 1. The van der Waals surface area contributed by atoms with Crippen LogP contribution in [0.5, 0.6) is 0 Å². The smallest absolute Gasteiger partial charge is 0.224 e. The summed E-state index contributed by atoms with van der Waals surface area (Å²) in [4.78, 5) is 11.8. The number of aromatic nitrogens is 2. The molecule has 6 heteroatoms. The van der Waals surface area contributed by atoms with Gasteiger partial charge >= 0.3 is 0 Å². The van der Waals surface area contributed by atoms with Gasteiger partial charge in [-0.3, -0.25) is 9.89 Å². The Bertz CT molecular complexity index is 379. The first kappa shape index (κ1) is 15.0. The second kappa shape index (κ2) is 6.75. The van der Waals surface area contributed by atoms with Gasteiger partial charge in [-0.05, 0) is 45.7 Å². The summed E-state index contributed by atoms with van der Waals surface area (Å²) in [5.41, 5.74) is 2.59. The van der Waals surface area contributed by atoms with Gasteiger partial charge in [0.25, 0.3) is 0 Å². The van der Waals surface area contributed by atoms with E-state index in [0.717, 1.165) is 36.6 Å². The fourth-order valence-corrected chi connectivity index (χ4v) is 2.23. The normalized spacial score (nSPS) is 18.4. The van der Waals surface area contributed by atoms with E-state index < -0.39 is 0 Å². The minimum Gasteiger partial charge on any atom is -0.323 e. The van der Waals surface area contributed by atoms with Gasteiger partial charge in [-0.2, -0.15) is 5.10 Å². The van der Waals surface area contributed by atoms with Crippen molar-refractivity contribution in [3.8, 4) is 0 Å². The summed E-state index contributed by atoms with van der Waals surface area (Å²) < 4.78 is 0. The molecule has 1 atom stereocenters. The fraction of sp³-hybridized carbons (Fsp3) is 0.667. The third-order valence-electron chi connectivity index (χ3n) is 3.33. The topological polar surface area (TPSA) is 69.8 Å². The number of carbonyl (C=O) groups is 1. The van der Waals surface area contributed by atoms with Gasteiger partial charge < -0.3 is 10.6 Å². The Morgan fingerprint density at radius 2 is 2.28 bits per heavy atom. The van der Waals surface area contributed by atoms with Crippen LogP contribution in [0.4, 0.5) is 5.69 Å². The number of aromatic amines is 1. The zero-order valence-electron chi connectivity index (χ0n) is 10.9. The van der Waals surface area contributed by atoms with Crippen molar-refractivity contribution in [3.05, 3.63) is 11.4 Å². The van der Waals surface area contributed by atoms with Gasteiger partial charge in [0.2, 0.25) is 5.91 Å². The lowest BCUT2D eigenvalue weighted by atomic mass is 10.0. The van der Waals surface area contributed by atoms with Crippen LogP contribution in [0.25, 0.3) is 0 Å². The predicted octanol–water partition coefficient (Wildman–Crippen LogP) is 1.78. The first-order valence-corrected chi connectivity index (χ1v) is 6.19. The van der Waals surface area contributed by atoms with E-state index in [9.17, 15) is 4.79 Å². The molecule has 3 N–H and O–H groups in total. The molecular formula is C12H21ClN4O. The van der Waals surface area contributed by atoms with Crippen molar-refractivity contribution in [2.45, 2.75) is 33.1 Å². The third kappa shape index (κ3) is 3.71. The van der Waals surface area contributed by atoms with E-state index in [1.54, 1.807) is 0 Å². The minimum atomic E-state index is 0. The zero-order valence-corrected chi connectivity index (χ0v) is 11.7. The van der Waals surface area contributed by atoms with E-state index in [1.807, 2.05) is 13.8 Å².